The molecule has 1 aromatic rings. The van der Waals surface area contributed by atoms with Crippen LogP contribution in [0.4, 0.5) is 10.1 Å². The van der Waals surface area contributed by atoms with Gasteiger partial charge in [0, 0.05) is 37.3 Å². The van der Waals surface area contributed by atoms with Gasteiger partial charge in [-0.1, -0.05) is 12.2 Å². The Labute approximate surface area is 143 Å². The molecule has 0 N–H and O–H groups in total. The second-order valence-corrected chi connectivity index (χ2v) is 7.25. The summed E-state index contributed by atoms with van der Waals surface area (Å²) in [5.41, 5.74) is 2.32. The number of amides is 1. The van der Waals surface area contributed by atoms with E-state index in [4.69, 9.17) is 0 Å². The molecule has 0 saturated carbocycles. The second kappa shape index (κ2) is 6.58. The lowest BCUT2D eigenvalue weighted by Gasteiger charge is -2.39. The highest BCUT2D eigenvalue weighted by molar-refractivity contribution is 5.79. The smallest absolute Gasteiger partial charge is 0.226 e. The summed E-state index contributed by atoms with van der Waals surface area (Å²) in [6.45, 7) is 2.69. The Morgan fingerprint density at radius 1 is 1.08 bits per heavy atom. The van der Waals surface area contributed by atoms with Crippen molar-refractivity contribution in [3.63, 3.8) is 0 Å². The molecule has 4 heteroatoms. The number of halogens is 1. The van der Waals surface area contributed by atoms with Crippen molar-refractivity contribution >= 4 is 11.6 Å². The van der Waals surface area contributed by atoms with Gasteiger partial charge in [0.1, 0.15) is 5.82 Å². The van der Waals surface area contributed by atoms with Gasteiger partial charge in [-0.2, -0.15) is 0 Å². The molecule has 3 nitrogen and oxygen atoms in total. The fraction of sp³-hybridized carbons (Fsp3) is 0.550. The van der Waals surface area contributed by atoms with Gasteiger partial charge in [-0.15, -0.1) is 0 Å². The van der Waals surface area contributed by atoms with Crippen LogP contribution >= 0.6 is 0 Å². The number of likely N-dealkylation sites (tertiary alicyclic amines) is 1. The number of anilines is 1. The first-order valence-electron chi connectivity index (χ1n) is 9.21. The minimum absolute atomic E-state index is 0.141. The Kier molecular flexibility index (Phi) is 4.30. The third kappa shape index (κ3) is 2.94. The quantitative estimate of drug-likeness (QED) is 0.775. The van der Waals surface area contributed by atoms with E-state index in [1.54, 1.807) is 12.1 Å². The minimum atomic E-state index is -0.141. The lowest BCUT2D eigenvalue weighted by molar-refractivity contribution is -0.136. The van der Waals surface area contributed by atoms with Crippen LogP contribution in [0.2, 0.25) is 0 Å². The normalized spacial score (nSPS) is 24.3. The van der Waals surface area contributed by atoms with Crippen molar-refractivity contribution in [2.24, 2.45) is 5.92 Å². The Balaban J connectivity index is 1.37. The van der Waals surface area contributed by atoms with Gasteiger partial charge < -0.3 is 9.80 Å². The molecule has 128 valence electrons. The number of hydrogen-bond donors (Lipinski definition) is 0. The molecular formula is C20H25FN2O. The fourth-order valence-electron chi connectivity index (χ4n) is 4.45. The van der Waals surface area contributed by atoms with Crippen molar-refractivity contribution in [3.8, 4) is 0 Å². The standard InChI is InChI=1S/C20H25FN2O/c21-17-6-7-19-16(14-17)8-13-23(19)18-9-11-22(12-10-18)20(24)15-4-2-1-3-5-15/h1-2,6-7,14-15,18H,3-5,8-13H2/t15-/m0/s1. The topological polar surface area (TPSA) is 23.6 Å². The number of benzene rings is 1. The van der Waals surface area contributed by atoms with E-state index in [0.29, 0.717) is 11.9 Å². The van der Waals surface area contributed by atoms with Gasteiger partial charge in [-0.25, -0.2) is 4.39 Å². The Bertz CT molecular complexity index is 649. The van der Waals surface area contributed by atoms with Gasteiger partial charge in [0.05, 0.1) is 0 Å². The number of piperidine rings is 1. The maximum atomic E-state index is 13.4. The van der Waals surface area contributed by atoms with E-state index in [9.17, 15) is 9.18 Å². The van der Waals surface area contributed by atoms with Gasteiger partial charge >= 0.3 is 0 Å². The third-order valence-corrected chi connectivity index (χ3v) is 5.81. The van der Waals surface area contributed by atoms with Crippen molar-refractivity contribution in [2.45, 2.75) is 44.6 Å². The van der Waals surface area contributed by atoms with Crippen LogP contribution in [0.25, 0.3) is 0 Å². The first kappa shape index (κ1) is 15.7. The SMILES string of the molecule is O=C([C@H]1CC=CCC1)N1CCC(N2CCc3cc(F)ccc32)CC1. The average molecular weight is 328 g/mol. The molecule has 3 aliphatic rings. The first-order chi connectivity index (χ1) is 11.7. The van der Waals surface area contributed by atoms with Gasteiger partial charge in [-0.3, -0.25) is 4.79 Å². The summed E-state index contributed by atoms with van der Waals surface area (Å²) in [6.07, 6.45) is 10.2. The molecule has 0 bridgehead atoms. The van der Waals surface area contributed by atoms with E-state index >= 15 is 0 Å². The highest BCUT2D eigenvalue weighted by Crippen LogP contribution is 2.33. The Hall–Kier alpha value is -1.84. The average Bonchev–Trinajstić information content (AvgIpc) is 3.05. The number of allylic oxidation sites excluding steroid dienone is 2. The minimum Gasteiger partial charge on any atom is -0.368 e. The summed E-state index contributed by atoms with van der Waals surface area (Å²) in [5, 5.41) is 0. The van der Waals surface area contributed by atoms with Crippen molar-refractivity contribution in [3.05, 3.63) is 41.7 Å². The van der Waals surface area contributed by atoms with Crippen molar-refractivity contribution in [1.29, 1.82) is 0 Å². The molecule has 0 unspecified atom stereocenters. The zero-order valence-electron chi connectivity index (χ0n) is 14.1. The lowest BCUT2D eigenvalue weighted by atomic mass is 9.92. The molecule has 2 aliphatic heterocycles. The second-order valence-electron chi connectivity index (χ2n) is 7.25. The van der Waals surface area contributed by atoms with Crippen LogP contribution in [-0.4, -0.2) is 36.5 Å². The molecule has 0 spiro atoms. The molecule has 24 heavy (non-hydrogen) atoms. The van der Waals surface area contributed by atoms with Gasteiger partial charge in [0.25, 0.3) is 0 Å². The Morgan fingerprint density at radius 3 is 2.67 bits per heavy atom. The Morgan fingerprint density at radius 2 is 1.92 bits per heavy atom. The zero-order valence-corrected chi connectivity index (χ0v) is 14.1. The number of hydrogen-bond acceptors (Lipinski definition) is 2. The van der Waals surface area contributed by atoms with Crippen molar-refractivity contribution < 1.29 is 9.18 Å². The summed E-state index contributed by atoms with van der Waals surface area (Å²) < 4.78 is 13.4. The van der Waals surface area contributed by atoms with E-state index in [-0.39, 0.29) is 11.7 Å². The molecule has 0 radical (unpaired) electrons. The van der Waals surface area contributed by atoms with Gasteiger partial charge in [0.2, 0.25) is 5.91 Å². The van der Waals surface area contributed by atoms with Gasteiger partial charge in [0.15, 0.2) is 0 Å². The summed E-state index contributed by atoms with van der Waals surface area (Å²) in [4.78, 5) is 17.2. The summed E-state index contributed by atoms with van der Waals surface area (Å²) in [7, 11) is 0. The van der Waals surface area contributed by atoms with E-state index in [1.165, 1.54) is 5.69 Å². The highest BCUT2D eigenvalue weighted by atomic mass is 19.1. The van der Waals surface area contributed by atoms with Gasteiger partial charge in [-0.05, 0) is 62.3 Å². The fourth-order valence-corrected chi connectivity index (χ4v) is 4.45. The lowest BCUT2D eigenvalue weighted by Crippen LogP contribution is -2.48. The van der Waals surface area contributed by atoms with Crippen LogP contribution in [0.3, 0.4) is 0 Å². The van der Waals surface area contributed by atoms with Crippen LogP contribution in [-0.2, 0) is 11.2 Å². The predicted octanol–water partition coefficient (Wildman–Crippen LogP) is 3.54. The highest BCUT2D eigenvalue weighted by Gasteiger charge is 2.32. The largest absolute Gasteiger partial charge is 0.368 e. The third-order valence-electron chi connectivity index (χ3n) is 5.81. The number of fused-ring (bicyclic) bond motifs is 1. The molecule has 1 aromatic carbocycles. The first-order valence-corrected chi connectivity index (χ1v) is 9.21. The molecule has 0 aromatic heterocycles. The van der Waals surface area contributed by atoms with E-state index in [1.807, 2.05) is 6.07 Å². The number of nitrogens with zero attached hydrogens (tertiary/aromatic N) is 2. The molecule has 1 saturated heterocycles. The van der Waals surface area contributed by atoms with Crippen molar-refractivity contribution in [1.82, 2.24) is 4.90 Å². The maximum absolute atomic E-state index is 13.4. The van der Waals surface area contributed by atoms with Crippen LogP contribution in [0.1, 0.15) is 37.7 Å². The predicted molar refractivity (Wildman–Crippen MR) is 93.5 cm³/mol. The van der Waals surface area contributed by atoms with Crippen LogP contribution in [0, 0.1) is 11.7 Å². The number of rotatable bonds is 2. The molecule has 1 atom stereocenters. The van der Waals surface area contributed by atoms with E-state index < -0.39 is 0 Å². The van der Waals surface area contributed by atoms with Crippen molar-refractivity contribution in [2.75, 3.05) is 24.5 Å². The summed E-state index contributed by atoms with van der Waals surface area (Å²) in [5.74, 6) is 0.404. The zero-order chi connectivity index (χ0) is 16.5. The molecule has 1 fully saturated rings. The van der Waals surface area contributed by atoms with E-state index in [2.05, 4.69) is 22.0 Å². The van der Waals surface area contributed by atoms with Crippen LogP contribution in [0.15, 0.2) is 30.4 Å². The van der Waals surface area contributed by atoms with Crippen LogP contribution in [0.5, 0.6) is 0 Å². The van der Waals surface area contributed by atoms with E-state index in [0.717, 1.165) is 63.7 Å². The molecule has 1 amide bonds. The molecule has 4 rings (SSSR count). The number of carbonyl (C=O) groups excluding carboxylic acids is 1. The summed E-state index contributed by atoms with van der Waals surface area (Å²) >= 11 is 0. The molecule has 1 aliphatic carbocycles. The monoisotopic (exact) mass is 328 g/mol. The summed E-state index contributed by atoms with van der Waals surface area (Å²) in [6, 6.07) is 5.63. The molecule has 2 heterocycles. The number of carbonyl (C=O) groups is 1. The maximum Gasteiger partial charge on any atom is 0.226 e. The molecular weight excluding hydrogens is 303 g/mol. The van der Waals surface area contributed by atoms with Crippen LogP contribution < -0.4 is 4.90 Å².